The summed E-state index contributed by atoms with van der Waals surface area (Å²) in [6, 6.07) is 20.6. The van der Waals surface area contributed by atoms with Crippen LogP contribution in [-0.4, -0.2) is 18.9 Å². The lowest BCUT2D eigenvalue weighted by Gasteiger charge is -2.13. The second kappa shape index (κ2) is 7.88. The molecule has 0 radical (unpaired) electrons. The first kappa shape index (κ1) is 20.6. The SMILES string of the molecule is CS(=O)c1ccccc1-c1c(-c2ccc(S(N)(=O)=O)cc2)sc2ccccc2c1=O. The quantitative estimate of drug-likeness (QED) is 0.504. The second-order valence-electron chi connectivity index (χ2n) is 6.65. The number of hydrogen-bond acceptors (Lipinski definition) is 5. The molecule has 0 aliphatic heterocycles. The smallest absolute Gasteiger partial charge is 0.238 e. The van der Waals surface area contributed by atoms with Crippen molar-refractivity contribution in [2.75, 3.05) is 6.26 Å². The van der Waals surface area contributed by atoms with E-state index < -0.39 is 20.8 Å². The summed E-state index contributed by atoms with van der Waals surface area (Å²) >= 11 is 1.43. The minimum Gasteiger partial charge on any atom is -0.288 e. The molecule has 0 bridgehead atoms. The summed E-state index contributed by atoms with van der Waals surface area (Å²) in [4.78, 5) is 14.8. The normalized spacial score (nSPS) is 12.7. The zero-order valence-corrected chi connectivity index (χ0v) is 18.3. The molecule has 1 unspecified atom stereocenters. The molecule has 1 aromatic heterocycles. The molecule has 30 heavy (non-hydrogen) atoms. The third-order valence-corrected chi connectivity index (χ3v) is 7.83. The Hall–Kier alpha value is -2.65. The Morgan fingerprint density at radius 2 is 1.53 bits per heavy atom. The minimum absolute atomic E-state index is 0.00371. The fraction of sp³-hybridized carbons (Fsp3) is 0.0455. The Morgan fingerprint density at radius 3 is 2.20 bits per heavy atom. The highest BCUT2D eigenvalue weighted by Gasteiger charge is 2.20. The Labute approximate surface area is 180 Å². The predicted molar refractivity (Wildman–Crippen MR) is 123 cm³/mol. The van der Waals surface area contributed by atoms with Gasteiger partial charge in [0.05, 0.1) is 15.7 Å². The van der Waals surface area contributed by atoms with E-state index in [0.29, 0.717) is 31.8 Å². The highest BCUT2D eigenvalue weighted by Crippen LogP contribution is 2.38. The minimum atomic E-state index is -3.82. The molecular weight excluding hydrogens is 438 g/mol. The molecule has 1 heterocycles. The Balaban J connectivity index is 2.09. The van der Waals surface area contributed by atoms with Gasteiger partial charge in [-0.05, 0) is 35.9 Å². The molecule has 4 aromatic rings. The molecule has 0 aliphatic carbocycles. The molecular formula is C22H17NO4S3. The molecule has 0 saturated carbocycles. The maximum absolute atomic E-state index is 13.5. The largest absolute Gasteiger partial charge is 0.288 e. The lowest BCUT2D eigenvalue weighted by molar-refractivity contribution is 0.598. The van der Waals surface area contributed by atoms with Crippen LogP contribution in [0.2, 0.25) is 0 Å². The fourth-order valence-electron chi connectivity index (χ4n) is 3.31. The summed E-state index contributed by atoms with van der Waals surface area (Å²) < 4.78 is 36.4. The second-order valence-corrected chi connectivity index (χ2v) is 10.6. The van der Waals surface area contributed by atoms with Crippen LogP contribution < -0.4 is 10.6 Å². The van der Waals surface area contributed by atoms with Crippen LogP contribution >= 0.6 is 11.3 Å². The maximum Gasteiger partial charge on any atom is 0.238 e. The molecule has 8 heteroatoms. The van der Waals surface area contributed by atoms with Crippen molar-refractivity contribution >= 4 is 42.2 Å². The first-order valence-electron chi connectivity index (χ1n) is 8.89. The summed E-state index contributed by atoms with van der Waals surface area (Å²) in [6.07, 6.45) is 1.58. The first-order valence-corrected chi connectivity index (χ1v) is 12.8. The van der Waals surface area contributed by atoms with Crippen molar-refractivity contribution in [1.29, 1.82) is 0 Å². The van der Waals surface area contributed by atoms with Crippen molar-refractivity contribution in [2.45, 2.75) is 9.79 Å². The molecule has 0 fully saturated rings. The van der Waals surface area contributed by atoms with Crippen LogP contribution in [-0.2, 0) is 20.8 Å². The number of benzene rings is 3. The van der Waals surface area contributed by atoms with E-state index in [1.54, 1.807) is 48.7 Å². The third-order valence-electron chi connectivity index (χ3n) is 4.71. The summed E-state index contributed by atoms with van der Waals surface area (Å²) in [5.74, 6) is 0. The van der Waals surface area contributed by atoms with Crippen LogP contribution in [0, 0.1) is 0 Å². The standard InChI is InChI=1S/C22H17NO4S3/c1-29(25)19-9-5-3-7-17(19)20-21(24)16-6-2-4-8-18(16)28-22(20)14-10-12-15(13-11-14)30(23,26)27/h2-13H,1H3,(H2,23,26,27). The van der Waals surface area contributed by atoms with E-state index in [1.165, 1.54) is 23.5 Å². The Bertz CT molecular complexity index is 1460. The molecule has 0 saturated heterocycles. The van der Waals surface area contributed by atoms with Gasteiger partial charge in [-0.3, -0.25) is 9.00 Å². The van der Waals surface area contributed by atoms with Crippen molar-refractivity contribution in [3.05, 3.63) is 83.0 Å². The molecule has 4 rings (SSSR count). The molecule has 3 aromatic carbocycles. The number of fused-ring (bicyclic) bond motifs is 1. The van der Waals surface area contributed by atoms with Crippen LogP contribution in [0.15, 0.2) is 87.4 Å². The van der Waals surface area contributed by atoms with Gasteiger partial charge < -0.3 is 0 Å². The fourth-order valence-corrected chi connectivity index (χ4v) is 5.77. The monoisotopic (exact) mass is 455 g/mol. The van der Waals surface area contributed by atoms with E-state index in [4.69, 9.17) is 5.14 Å². The van der Waals surface area contributed by atoms with E-state index in [1.807, 2.05) is 18.2 Å². The number of rotatable bonds is 4. The van der Waals surface area contributed by atoms with Crippen molar-refractivity contribution in [1.82, 2.24) is 0 Å². The van der Waals surface area contributed by atoms with Crippen molar-refractivity contribution < 1.29 is 12.6 Å². The van der Waals surface area contributed by atoms with E-state index >= 15 is 0 Å². The summed E-state index contributed by atoms with van der Waals surface area (Å²) in [7, 11) is -5.12. The zero-order chi connectivity index (χ0) is 21.5. The molecule has 0 aliphatic rings. The van der Waals surface area contributed by atoms with Gasteiger partial charge in [0.25, 0.3) is 0 Å². The van der Waals surface area contributed by atoms with Crippen molar-refractivity contribution in [3.63, 3.8) is 0 Å². The van der Waals surface area contributed by atoms with Gasteiger partial charge in [-0.15, -0.1) is 11.3 Å². The average Bonchev–Trinajstić information content (AvgIpc) is 2.73. The van der Waals surface area contributed by atoms with E-state index in [2.05, 4.69) is 0 Å². The third kappa shape index (κ3) is 3.75. The number of sulfonamides is 1. The van der Waals surface area contributed by atoms with Crippen LogP contribution in [0.25, 0.3) is 31.7 Å². The number of hydrogen-bond donors (Lipinski definition) is 1. The van der Waals surface area contributed by atoms with Crippen LogP contribution in [0.1, 0.15) is 0 Å². The van der Waals surface area contributed by atoms with Crippen LogP contribution in [0.5, 0.6) is 0 Å². The number of nitrogens with two attached hydrogens (primary N) is 1. The maximum atomic E-state index is 13.5. The Morgan fingerprint density at radius 1 is 0.900 bits per heavy atom. The van der Waals surface area contributed by atoms with Crippen LogP contribution in [0.4, 0.5) is 0 Å². The van der Waals surface area contributed by atoms with Crippen molar-refractivity contribution in [2.24, 2.45) is 5.14 Å². The highest BCUT2D eigenvalue weighted by molar-refractivity contribution is 7.89. The Kier molecular flexibility index (Phi) is 5.42. The van der Waals surface area contributed by atoms with Gasteiger partial charge in [-0.1, -0.05) is 42.5 Å². The van der Waals surface area contributed by atoms with Gasteiger partial charge in [-0.25, -0.2) is 13.6 Å². The zero-order valence-electron chi connectivity index (χ0n) is 15.9. The molecule has 2 N–H and O–H groups in total. The van der Waals surface area contributed by atoms with Crippen LogP contribution in [0.3, 0.4) is 0 Å². The molecule has 1 atom stereocenters. The highest BCUT2D eigenvalue weighted by atomic mass is 32.2. The predicted octanol–water partition coefficient (Wildman–Crippen LogP) is 3.98. The van der Waals surface area contributed by atoms with Gasteiger partial charge in [0, 0.05) is 37.2 Å². The molecule has 152 valence electrons. The first-order chi connectivity index (χ1) is 14.3. The van der Waals surface area contributed by atoms with Gasteiger partial charge in [-0.2, -0.15) is 0 Å². The average molecular weight is 456 g/mol. The van der Waals surface area contributed by atoms with Gasteiger partial charge in [0.1, 0.15) is 0 Å². The topological polar surface area (TPSA) is 94.3 Å². The molecule has 0 amide bonds. The lowest BCUT2D eigenvalue weighted by atomic mass is 10.0. The van der Waals surface area contributed by atoms with E-state index in [-0.39, 0.29) is 10.3 Å². The lowest BCUT2D eigenvalue weighted by Crippen LogP contribution is -2.12. The summed E-state index contributed by atoms with van der Waals surface area (Å²) in [5, 5.41) is 5.79. The molecule has 5 nitrogen and oxygen atoms in total. The van der Waals surface area contributed by atoms with Crippen molar-refractivity contribution in [3.8, 4) is 21.6 Å². The summed E-state index contributed by atoms with van der Waals surface area (Å²) in [6.45, 7) is 0. The molecule has 0 spiro atoms. The number of primary sulfonamides is 1. The van der Waals surface area contributed by atoms with E-state index in [0.717, 1.165) is 4.70 Å². The van der Waals surface area contributed by atoms with Gasteiger partial charge in [0.2, 0.25) is 10.0 Å². The van der Waals surface area contributed by atoms with E-state index in [9.17, 15) is 17.4 Å². The van der Waals surface area contributed by atoms with Gasteiger partial charge in [0.15, 0.2) is 5.43 Å². The van der Waals surface area contributed by atoms with Gasteiger partial charge >= 0.3 is 0 Å². The summed E-state index contributed by atoms with van der Waals surface area (Å²) in [5.41, 5.74) is 1.58.